The van der Waals surface area contributed by atoms with E-state index >= 15 is 0 Å². The lowest BCUT2D eigenvalue weighted by molar-refractivity contribution is -0.117. The van der Waals surface area contributed by atoms with Crippen molar-refractivity contribution in [3.8, 4) is 0 Å². The lowest BCUT2D eigenvalue weighted by Gasteiger charge is -2.06. The largest absolute Gasteiger partial charge is 0.326 e. The fraction of sp³-hybridized carbons (Fsp3) is 0.235. The number of hydrogen-bond donors (Lipinski definition) is 1. The van der Waals surface area contributed by atoms with E-state index in [0.717, 1.165) is 23.2 Å². The number of amides is 1. The molecular weight excluding hydrogens is 305 g/mol. The molecule has 2 aromatic rings. The van der Waals surface area contributed by atoms with Crippen molar-refractivity contribution < 1.29 is 4.79 Å². The molecule has 1 aliphatic carbocycles. The van der Waals surface area contributed by atoms with Gasteiger partial charge in [-0.1, -0.05) is 35.3 Å². The third-order valence-electron chi connectivity index (χ3n) is 3.73. The quantitative estimate of drug-likeness (QED) is 0.843. The maximum absolute atomic E-state index is 12.3. The van der Waals surface area contributed by atoms with Crippen LogP contribution in [0.5, 0.6) is 0 Å². The molecule has 2 aromatic carbocycles. The fourth-order valence-electron chi connectivity index (χ4n) is 2.60. The van der Waals surface area contributed by atoms with E-state index in [1.807, 2.05) is 43.3 Å². The average Bonchev–Trinajstić information content (AvgIpc) is 3.17. The van der Waals surface area contributed by atoms with Crippen LogP contribution in [0.4, 0.5) is 5.69 Å². The maximum Gasteiger partial charge on any atom is 0.228 e. The summed E-state index contributed by atoms with van der Waals surface area (Å²) < 4.78 is 0. The first-order chi connectivity index (χ1) is 10.0. The Hall–Kier alpha value is -1.51. The molecule has 0 aliphatic heterocycles. The van der Waals surface area contributed by atoms with Crippen LogP contribution in [0.15, 0.2) is 42.5 Å². The molecule has 0 aromatic heterocycles. The highest BCUT2D eigenvalue weighted by atomic mass is 35.5. The molecule has 1 N–H and O–H groups in total. The summed E-state index contributed by atoms with van der Waals surface area (Å²) >= 11 is 12.0. The number of hydrogen-bond acceptors (Lipinski definition) is 1. The molecule has 4 heteroatoms. The highest BCUT2D eigenvalue weighted by molar-refractivity contribution is 6.34. The summed E-state index contributed by atoms with van der Waals surface area (Å²) in [5.74, 6) is 0.271. The summed E-state index contributed by atoms with van der Waals surface area (Å²) in [6.45, 7) is 2.00. The zero-order valence-corrected chi connectivity index (χ0v) is 13.1. The zero-order chi connectivity index (χ0) is 15.0. The van der Waals surface area contributed by atoms with E-state index in [0.29, 0.717) is 10.0 Å². The Bertz CT molecular complexity index is 679. The van der Waals surface area contributed by atoms with Crippen LogP contribution in [0.1, 0.15) is 23.5 Å². The molecule has 1 amide bonds. The van der Waals surface area contributed by atoms with Crippen LogP contribution < -0.4 is 5.32 Å². The van der Waals surface area contributed by atoms with E-state index in [1.54, 1.807) is 6.07 Å². The van der Waals surface area contributed by atoms with Crippen LogP contribution in [0.2, 0.25) is 10.0 Å². The van der Waals surface area contributed by atoms with Crippen molar-refractivity contribution in [2.24, 2.45) is 5.92 Å². The highest BCUT2D eigenvalue weighted by Crippen LogP contribution is 2.49. The van der Waals surface area contributed by atoms with Crippen molar-refractivity contribution in [2.45, 2.75) is 19.3 Å². The molecule has 1 fully saturated rings. The van der Waals surface area contributed by atoms with E-state index < -0.39 is 0 Å². The SMILES string of the molecule is Cc1cccc(NC(=O)[C@@H]2C[C@@H]2c2cc(Cl)cc(Cl)c2)c1. The molecule has 108 valence electrons. The first-order valence-electron chi connectivity index (χ1n) is 6.86. The van der Waals surface area contributed by atoms with Crippen LogP contribution in [0, 0.1) is 12.8 Å². The number of halogens is 2. The molecule has 2 nitrogen and oxygen atoms in total. The Morgan fingerprint density at radius 1 is 1.14 bits per heavy atom. The Morgan fingerprint density at radius 3 is 2.52 bits per heavy atom. The van der Waals surface area contributed by atoms with Gasteiger partial charge in [0.25, 0.3) is 0 Å². The van der Waals surface area contributed by atoms with Gasteiger partial charge in [0.1, 0.15) is 0 Å². The van der Waals surface area contributed by atoms with Gasteiger partial charge >= 0.3 is 0 Å². The second-order valence-corrected chi connectivity index (χ2v) is 6.38. The monoisotopic (exact) mass is 319 g/mol. The van der Waals surface area contributed by atoms with Gasteiger partial charge in [0.05, 0.1) is 0 Å². The van der Waals surface area contributed by atoms with Crippen molar-refractivity contribution in [3.05, 3.63) is 63.6 Å². The molecule has 0 spiro atoms. The Labute approximate surface area is 134 Å². The zero-order valence-electron chi connectivity index (χ0n) is 11.6. The van der Waals surface area contributed by atoms with Crippen molar-refractivity contribution in [1.82, 2.24) is 0 Å². The molecule has 3 rings (SSSR count). The van der Waals surface area contributed by atoms with Gasteiger partial charge in [-0.15, -0.1) is 0 Å². The fourth-order valence-corrected chi connectivity index (χ4v) is 3.14. The van der Waals surface area contributed by atoms with E-state index in [-0.39, 0.29) is 17.7 Å². The van der Waals surface area contributed by atoms with Crippen molar-refractivity contribution in [1.29, 1.82) is 0 Å². The Morgan fingerprint density at radius 2 is 1.86 bits per heavy atom. The van der Waals surface area contributed by atoms with Crippen LogP contribution in [-0.2, 0) is 4.79 Å². The molecule has 2 atom stereocenters. The number of aryl methyl sites for hydroxylation is 1. The Balaban J connectivity index is 1.68. The van der Waals surface area contributed by atoms with Gasteiger partial charge in [-0.2, -0.15) is 0 Å². The molecule has 0 bridgehead atoms. The molecule has 1 aliphatic rings. The van der Waals surface area contributed by atoms with E-state index in [2.05, 4.69) is 5.32 Å². The molecule has 0 heterocycles. The maximum atomic E-state index is 12.3. The summed E-state index contributed by atoms with van der Waals surface area (Å²) in [6.07, 6.45) is 0.842. The topological polar surface area (TPSA) is 29.1 Å². The first-order valence-corrected chi connectivity index (χ1v) is 7.62. The van der Waals surface area contributed by atoms with Gasteiger partial charge in [0.2, 0.25) is 5.91 Å². The summed E-state index contributed by atoms with van der Waals surface area (Å²) in [5.41, 5.74) is 3.01. The van der Waals surface area contributed by atoms with E-state index in [4.69, 9.17) is 23.2 Å². The molecule has 0 saturated heterocycles. The first kappa shape index (κ1) is 14.4. The van der Waals surface area contributed by atoms with Gasteiger partial charge in [-0.25, -0.2) is 0 Å². The number of rotatable bonds is 3. The van der Waals surface area contributed by atoms with E-state index in [9.17, 15) is 4.79 Å². The van der Waals surface area contributed by atoms with Crippen LogP contribution >= 0.6 is 23.2 Å². The van der Waals surface area contributed by atoms with Crippen molar-refractivity contribution >= 4 is 34.8 Å². The third kappa shape index (κ3) is 3.39. The number of benzene rings is 2. The average molecular weight is 320 g/mol. The van der Waals surface area contributed by atoms with Gasteiger partial charge < -0.3 is 5.32 Å². The lowest BCUT2D eigenvalue weighted by atomic mass is 10.1. The molecule has 1 saturated carbocycles. The number of carbonyl (C=O) groups is 1. The van der Waals surface area contributed by atoms with Gasteiger partial charge in [0, 0.05) is 21.7 Å². The van der Waals surface area contributed by atoms with Crippen molar-refractivity contribution in [3.63, 3.8) is 0 Å². The van der Waals surface area contributed by atoms with Gasteiger partial charge in [0.15, 0.2) is 0 Å². The second-order valence-electron chi connectivity index (χ2n) is 5.51. The Kier molecular flexibility index (Phi) is 3.92. The predicted molar refractivity (Wildman–Crippen MR) is 87.1 cm³/mol. The minimum atomic E-state index is 0.0000422. The highest BCUT2D eigenvalue weighted by Gasteiger charge is 2.44. The molecule has 21 heavy (non-hydrogen) atoms. The molecule has 0 radical (unpaired) electrons. The predicted octanol–water partition coefficient (Wildman–Crippen LogP) is 5.04. The van der Waals surface area contributed by atoms with Crippen LogP contribution in [0.25, 0.3) is 0 Å². The summed E-state index contributed by atoms with van der Waals surface area (Å²) in [4.78, 5) is 12.3. The minimum absolute atomic E-state index is 0.0000422. The smallest absolute Gasteiger partial charge is 0.228 e. The summed E-state index contributed by atoms with van der Waals surface area (Å²) in [5, 5.41) is 4.20. The van der Waals surface area contributed by atoms with Crippen molar-refractivity contribution in [2.75, 3.05) is 5.32 Å². The van der Waals surface area contributed by atoms with Crippen LogP contribution in [-0.4, -0.2) is 5.91 Å². The molecule has 0 unspecified atom stereocenters. The normalized spacial score (nSPS) is 20.1. The number of carbonyl (C=O) groups excluding carboxylic acids is 1. The molecular formula is C17H15Cl2NO. The standard InChI is InChI=1S/C17H15Cl2NO/c1-10-3-2-4-14(5-10)20-17(21)16-9-15(16)11-6-12(18)8-13(19)7-11/h2-8,15-16H,9H2,1H3,(H,20,21)/t15-,16-/m1/s1. The second kappa shape index (κ2) is 5.70. The lowest BCUT2D eigenvalue weighted by Crippen LogP contribution is -2.14. The number of nitrogens with one attached hydrogen (secondary N) is 1. The summed E-state index contributed by atoms with van der Waals surface area (Å²) in [7, 11) is 0. The third-order valence-corrected chi connectivity index (χ3v) is 4.16. The van der Waals surface area contributed by atoms with E-state index in [1.165, 1.54) is 0 Å². The number of anilines is 1. The van der Waals surface area contributed by atoms with Crippen LogP contribution in [0.3, 0.4) is 0 Å². The summed E-state index contributed by atoms with van der Waals surface area (Å²) in [6, 6.07) is 13.3. The minimum Gasteiger partial charge on any atom is -0.326 e. The van der Waals surface area contributed by atoms with Gasteiger partial charge in [-0.3, -0.25) is 4.79 Å². The van der Waals surface area contributed by atoms with Gasteiger partial charge in [-0.05, 0) is 60.7 Å².